The molecule has 1 aromatic carbocycles. The lowest BCUT2D eigenvalue weighted by atomic mass is 10.2. The predicted octanol–water partition coefficient (Wildman–Crippen LogP) is 3.26. The fourth-order valence-corrected chi connectivity index (χ4v) is 1.81. The maximum atomic E-state index is 11.9. The Kier molecular flexibility index (Phi) is 9.21. The molecule has 150 valence electrons. The molecule has 0 spiro atoms. The van der Waals surface area contributed by atoms with Crippen molar-refractivity contribution in [2.45, 2.75) is 40.4 Å². The molecule has 0 N–H and O–H groups in total. The predicted molar refractivity (Wildman–Crippen MR) is 97.6 cm³/mol. The Morgan fingerprint density at radius 1 is 1.07 bits per heavy atom. The number of ether oxygens (including phenoxy) is 3. The number of Topliss-reactive ketones (excluding diaryl/α,β-unsaturated/α-hetero) is 1. The summed E-state index contributed by atoms with van der Waals surface area (Å²) in [7, 11) is 0. The molecule has 0 fully saturated rings. The van der Waals surface area contributed by atoms with Crippen molar-refractivity contribution < 1.29 is 33.4 Å². The van der Waals surface area contributed by atoms with Crippen LogP contribution in [0.25, 0.3) is 0 Å². The fourth-order valence-electron chi connectivity index (χ4n) is 1.81. The van der Waals surface area contributed by atoms with E-state index in [1.165, 1.54) is 27.0 Å². The largest absolute Gasteiger partial charge is 0.462 e. The second-order valence-corrected chi connectivity index (χ2v) is 5.64. The van der Waals surface area contributed by atoms with Gasteiger partial charge in [0.05, 0.1) is 29.6 Å². The number of ketones is 1. The van der Waals surface area contributed by atoms with Crippen LogP contribution >= 0.6 is 0 Å². The Morgan fingerprint density at radius 2 is 1.71 bits per heavy atom. The highest BCUT2D eigenvalue weighted by atomic mass is 16.7. The molecule has 0 aromatic heterocycles. The monoisotopic (exact) mass is 390 g/mol. The average molecular weight is 390 g/mol. The standard InChI is InChI=1S/C19H22N2O7/c1-5-26-19(25)15-6-8-16(9-7-15)21-20-11-12(2)18(24)28-14(4)27-17(23)10-13(3)22/h6-9,11,14H,5,10H2,1-4H3. The second-order valence-electron chi connectivity index (χ2n) is 5.64. The molecular weight excluding hydrogens is 368 g/mol. The first kappa shape index (κ1) is 22.7. The molecule has 0 heterocycles. The van der Waals surface area contributed by atoms with E-state index in [4.69, 9.17) is 14.2 Å². The van der Waals surface area contributed by atoms with Gasteiger partial charge in [-0.3, -0.25) is 9.59 Å². The van der Waals surface area contributed by atoms with Crippen LogP contribution in [0.5, 0.6) is 0 Å². The Balaban J connectivity index is 2.58. The molecule has 28 heavy (non-hydrogen) atoms. The normalized spacial score (nSPS) is 12.4. The zero-order chi connectivity index (χ0) is 21.1. The number of carbonyl (C=O) groups is 4. The SMILES string of the molecule is CCOC(=O)c1ccc(N=NC=C(C)C(=O)OC(C)OC(=O)CC(C)=O)cc1. The highest BCUT2D eigenvalue weighted by Crippen LogP contribution is 2.15. The fraction of sp³-hybridized carbons (Fsp3) is 0.368. The zero-order valence-electron chi connectivity index (χ0n) is 16.1. The summed E-state index contributed by atoms with van der Waals surface area (Å²) in [6.07, 6.45) is -0.346. The first-order valence-electron chi connectivity index (χ1n) is 8.47. The number of hydrogen-bond acceptors (Lipinski definition) is 9. The molecule has 1 aromatic rings. The van der Waals surface area contributed by atoms with Crippen LogP contribution in [0, 0.1) is 0 Å². The van der Waals surface area contributed by atoms with Crippen LogP contribution in [0.2, 0.25) is 0 Å². The second kappa shape index (κ2) is 11.4. The van der Waals surface area contributed by atoms with Crippen LogP contribution in [0.1, 0.15) is 44.5 Å². The number of hydrogen-bond donors (Lipinski definition) is 0. The summed E-state index contributed by atoms with van der Waals surface area (Å²) < 4.78 is 14.6. The van der Waals surface area contributed by atoms with Gasteiger partial charge in [-0.25, -0.2) is 9.59 Å². The lowest BCUT2D eigenvalue weighted by Crippen LogP contribution is -2.23. The zero-order valence-corrected chi connectivity index (χ0v) is 16.1. The van der Waals surface area contributed by atoms with E-state index in [2.05, 4.69) is 10.2 Å². The lowest BCUT2D eigenvalue weighted by Gasteiger charge is -2.13. The number of azo groups is 1. The summed E-state index contributed by atoms with van der Waals surface area (Å²) in [5.74, 6) is -2.31. The van der Waals surface area contributed by atoms with Gasteiger partial charge in [0.25, 0.3) is 0 Å². The smallest absolute Gasteiger partial charge is 0.338 e. The number of carbonyl (C=O) groups excluding carboxylic acids is 4. The summed E-state index contributed by atoms with van der Waals surface area (Å²) >= 11 is 0. The van der Waals surface area contributed by atoms with Crippen molar-refractivity contribution in [1.82, 2.24) is 0 Å². The van der Waals surface area contributed by atoms with Crippen molar-refractivity contribution in [2.24, 2.45) is 10.2 Å². The lowest BCUT2D eigenvalue weighted by molar-refractivity contribution is -0.181. The van der Waals surface area contributed by atoms with Crippen LogP contribution in [0.15, 0.2) is 46.3 Å². The molecule has 9 nitrogen and oxygen atoms in total. The van der Waals surface area contributed by atoms with Crippen LogP contribution < -0.4 is 0 Å². The van der Waals surface area contributed by atoms with Crippen LogP contribution in [0.4, 0.5) is 5.69 Å². The van der Waals surface area contributed by atoms with Crippen LogP contribution in [-0.4, -0.2) is 36.6 Å². The van der Waals surface area contributed by atoms with Crippen molar-refractivity contribution in [1.29, 1.82) is 0 Å². The highest BCUT2D eigenvalue weighted by molar-refractivity contribution is 5.94. The van der Waals surface area contributed by atoms with E-state index in [-0.39, 0.29) is 24.4 Å². The van der Waals surface area contributed by atoms with E-state index in [9.17, 15) is 19.2 Å². The minimum atomic E-state index is -1.14. The molecule has 0 aliphatic rings. The van der Waals surface area contributed by atoms with E-state index in [0.717, 1.165) is 0 Å². The molecule has 0 aliphatic heterocycles. The third kappa shape index (κ3) is 8.35. The molecule has 0 radical (unpaired) electrons. The van der Waals surface area contributed by atoms with Gasteiger partial charge < -0.3 is 14.2 Å². The third-order valence-electron chi connectivity index (χ3n) is 3.09. The number of esters is 3. The van der Waals surface area contributed by atoms with E-state index in [0.29, 0.717) is 11.3 Å². The van der Waals surface area contributed by atoms with Gasteiger partial charge in [0.15, 0.2) is 0 Å². The van der Waals surface area contributed by atoms with E-state index >= 15 is 0 Å². The van der Waals surface area contributed by atoms with Gasteiger partial charge >= 0.3 is 17.9 Å². The molecule has 0 saturated carbocycles. The van der Waals surface area contributed by atoms with Crippen molar-refractivity contribution >= 4 is 29.4 Å². The Labute approximate surface area is 162 Å². The summed E-state index contributed by atoms with van der Waals surface area (Å²) in [6, 6.07) is 6.25. The van der Waals surface area contributed by atoms with Gasteiger partial charge in [-0.05, 0) is 45.0 Å². The average Bonchev–Trinajstić information content (AvgIpc) is 2.61. The summed E-state index contributed by atoms with van der Waals surface area (Å²) in [5.41, 5.74) is 0.989. The van der Waals surface area contributed by atoms with E-state index in [1.807, 2.05) is 0 Å². The van der Waals surface area contributed by atoms with Gasteiger partial charge in [-0.1, -0.05) is 0 Å². The summed E-state index contributed by atoms with van der Waals surface area (Å²) in [6.45, 7) is 6.07. The third-order valence-corrected chi connectivity index (χ3v) is 3.09. The quantitative estimate of drug-likeness (QED) is 0.209. The first-order valence-corrected chi connectivity index (χ1v) is 8.47. The molecule has 0 amide bonds. The summed E-state index contributed by atoms with van der Waals surface area (Å²) in [4.78, 5) is 45.6. The highest BCUT2D eigenvalue weighted by Gasteiger charge is 2.16. The van der Waals surface area contributed by atoms with Crippen LogP contribution in [-0.2, 0) is 28.6 Å². The molecular formula is C19H22N2O7. The Bertz CT molecular complexity index is 782. The van der Waals surface area contributed by atoms with E-state index in [1.54, 1.807) is 31.2 Å². The van der Waals surface area contributed by atoms with Gasteiger partial charge in [0, 0.05) is 6.92 Å². The van der Waals surface area contributed by atoms with Gasteiger partial charge in [-0.2, -0.15) is 10.2 Å². The van der Waals surface area contributed by atoms with Crippen molar-refractivity contribution in [3.8, 4) is 0 Å². The number of benzene rings is 1. The minimum absolute atomic E-state index is 0.126. The van der Waals surface area contributed by atoms with Crippen molar-refractivity contribution in [3.63, 3.8) is 0 Å². The number of rotatable bonds is 9. The van der Waals surface area contributed by atoms with E-state index < -0.39 is 24.2 Å². The maximum absolute atomic E-state index is 11.9. The Hall–Kier alpha value is -3.36. The van der Waals surface area contributed by atoms with Crippen molar-refractivity contribution in [2.75, 3.05) is 6.61 Å². The van der Waals surface area contributed by atoms with Crippen molar-refractivity contribution in [3.05, 3.63) is 41.6 Å². The molecule has 0 bridgehead atoms. The molecule has 1 unspecified atom stereocenters. The Morgan fingerprint density at radius 3 is 2.29 bits per heavy atom. The minimum Gasteiger partial charge on any atom is -0.462 e. The van der Waals surface area contributed by atoms with Gasteiger partial charge in [0.2, 0.25) is 6.29 Å². The first-order chi connectivity index (χ1) is 13.2. The van der Waals surface area contributed by atoms with Crippen LogP contribution in [0.3, 0.4) is 0 Å². The topological polar surface area (TPSA) is 121 Å². The maximum Gasteiger partial charge on any atom is 0.338 e. The van der Waals surface area contributed by atoms with Gasteiger partial charge in [0.1, 0.15) is 12.2 Å². The van der Waals surface area contributed by atoms with Gasteiger partial charge in [-0.15, -0.1) is 0 Å². The molecule has 1 atom stereocenters. The summed E-state index contributed by atoms with van der Waals surface area (Å²) in [5, 5.41) is 7.68. The molecule has 1 rings (SSSR count). The molecule has 9 heteroatoms. The molecule has 0 saturated heterocycles. The number of nitrogens with zero attached hydrogens (tertiary/aromatic N) is 2. The molecule has 0 aliphatic carbocycles.